The number of carbonyl (C=O) groups excluding carboxylic acids is 1. The van der Waals surface area contributed by atoms with Gasteiger partial charge in [-0.3, -0.25) is 0 Å². The fourth-order valence-electron chi connectivity index (χ4n) is 1.81. The van der Waals surface area contributed by atoms with Crippen LogP contribution in [0.5, 0.6) is 11.5 Å². The Kier molecular flexibility index (Phi) is 11.8. The van der Waals surface area contributed by atoms with Gasteiger partial charge in [-0.25, -0.2) is 4.79 Å². The normalized spacial score (nSPS) is 11.7. The van der Waals surface area contributed by atoms with Crippen molar-refractivity contribution in [3.8, 4) is 11.5 Å². The summed E-state index contributed by atoms with van der Waals surface area (Å²) < 4.78 is 16.1. The zero-order chi connectivity index (χ0) is 18.6. The predicted molar refractivity (Wildman–Crippen MR) is 109 cm³/mol. The molecule has 2 rings (SSSR count). The van der Waals surface area contributed by atoms with Crippen molar-refractivity contribution >= 4 is 57.2 Å². The average Bonchev–Trinajstić information content (AvgIpc) is 2.67. The molecule has 2 aromatic carbocycles. The Morgan fingerprint density at radius 3 is 2.11 bits per heavy atom. The van der Waals surface area contributed by atoms with E-state index in [0.717, 1.165) is 5.75 Å². The number of hydrogen-bond donors (Lipinski definition) is 0. The van der Waals surface area contributed by atoms with Crippen molar-refractivity contribution in [2.75, 3.05) is 19.8 Å². The molecule has 140 valence electrons. The van der Waals surface area contributed by atoms with Crippen LogP contribution in [0.15, 0.2) is 65.8 Å². The molecule has 1 atom stereocenters. The average molecular weight is 446 g/mol. The van der Waals surface area contributed by atoms with Gasteiger partial charge in [0.2, 0.25) is 0 Å². The quantitative estimate of drug-likeness (QED) is 0.140. The van der Waals surface area contributed by atoms with Crippen molar-refractivity contribution in [1.29, 1.82) is 0 Å². The maximum atomic E-state index is 11.9. The third kappa shape index (κ3) is 9.81. The second-order valence-electron chi connectivity index (χ2n) is 5.11. The summed E-state index contributed by atoms with van der Waals surface area (Å²) in [6, 6.07) is 18.6. The first kappa shape index (κ1) is 23.5. The molecule has 27 heavy (non-hydrogen) atoms. The first-order valence-electron chi connectivity index (χ1n) is 8.02. The summed E-state index contributed by atoms with van der Waals surface area (Å²) >= 11 is 3.24. The number of halogens is 1. The van der Waals surface area contributed by atoms with Crippen molar-refractivity contribution in [1.82, 2.24) is 0 Å². The number of alkyl halides is 1. The van der Waals surface area contributed by atoms with Crippen molar-refractivity contribution in [2.45, 2.75) is 11.9 Å². The molecule has 0 fully saturated rings. The van der Waals surface area contributed by atoms with E-state index in [1.165, 1.54) is 6.92 Å². The number of esters is 1. The van der Waals surface area contributed by atoms with Crippen molar-refractivity contribution in [2.24, 2.45) is 5.16 Å². The number of hydrogen-bond acceptors (Lipinski definition) is 6. The molecule has 0 N–H and O–H groups in total. The van der Waals surface area contributed by atoms with Crippen molar-refractivity contribution < 1.29 is 23.8 Å². The van der Waals surface area contributed by atoms with Gasteiger partial charge in [0.25, 0.3) is 0 Å². The molecule has 0 amide bonds. The van der Waals surface area contributed by atoms with Crippen molar-refractivity contribution in [3.63, 3.8) is 0 Å². The number of oxime groups is 1. The van der Waals surface area contributed by atoms with Gasteiger partial charge < -0.3 is 19.0 Å². The van der Waals surface area contributed by atoms with Gasteiger partial charge in [0, 0.05) is 0 Å². The predicted octanol–water partition coefficient (Wildman–Crippen LogP) is 3.15. The van der Waals surface area contributed by atoms with Crippen LogP contribution in [-0.2, 0) is 14.4 Å². The third-order valence-corrected chi connectivity index (χ3v) is 3.49. The number of benzene rings is 2. The van der Waals surface area contributed by atoms with Gasteiger partial charge in [0.05, 0.1) is 0 Å². The summed E-state index contributed by atoms with van der Waals surface area (Å²) in [5, 5.41) is 3.13. The Labute approximate surface area is 189 Å². The van der Waals surface area contributed by atoms with Gasteiger partial charge in [-0.2, -0.15) is 0 Å². The van der Waals surface area contributed by atoms with E-state index < -0.39 is 11.0 Å². The molecule has 6 nitrogen and oxygen atoms in total. The summed E-state index contributed by atoms with van der Waals surface area (Å²) in [5.74, 6) is 0.851. The van der Waals surface area contributed by atoms with E-state index in [4.69, 9.17) is 19.0 Å². The Morgan fingerprint density at radius 2 is 1.52 bits per heavy atom. The molecule has 0 aliphatic heterocycles. The third-order valence-electron chi connectivity index (χ3n) is 3.04. The molecule has 0 bridgehead atoms. The zero-order valence-corrected chi connectivity index (χ0v) is 15.9. The van der Waals surface area contributed by atoms with E-state index in [2.05, 4.69) is 21.1 Å². The van der Waals surface area contributed by atoms with Crippen molar-refractivity contribution in [3.05, 3.63) is 60.7 Å². The maximum absolute atomic E-state index is 11.9. The zero-order valence-electron chi connectivity index (χ0n) is 14.3. The Hall–Kier alpha value is -1.54. The van der Waals surface area contributed by atoms with Crippen LogP contribution in [0.3, 0.4) is 0 Å². The van der Waals surface area contributed by atoms with Gasteiger partial charge in [0.1, 0.15) is 24.7 Å². The Bertz CT molecular complexity index is 700. The number of rotatable bonds is 10. The molecule has 0 spiro atoms. The Morgan fingerprint density at radius 1 is 0.963 bits per heavy atom. The summed E-state index contributed by atoms with van der Waals surface area (Å²) in [7, 11) is 0. The summed E-state index contributed by atoms with van der Waals surface area (Å²) in [6.07, 6.45) is 0. The van der Waals surface area contributed by atoms with Crippen LogP contribution in [0.1, 0.15) is 6.92 Å². The SMILES string of the molecule is CC(=NOCCOc1ccccc1)C(=O)OC(Br)COc1ccccc1.[NaH]. The molecule has 0 aliphatic rings. The number of para-hydroxylation sites is 2. The molecule has 1 unspecified atom stereocenters. The first-order chi connectivity index (χ1) is 12.6. The van der Waals surface area contributed by atoms with Gasteiger partial charge >= 0.3 is 35.5 Å². The van der Waals surface area contributed by atoms with Gasteiger partial charge in [0.15, 0.2) is 17.3 Å². The molecular weight excluding hydrogens is 425 g/mol. The number of carbonyl (C=O) groups is 1. The summed E-state index contributed by atoms with van der Waals surface area (Å²) in [5.41, 5.74) is 0.105. The van der Waals surface area contributed by atoms with E-state index in [9.17, 15) is 4.79 Å². The molecule has 0 aromatic heterocycles. The van der Waals surface area contributed by atoms with Crippen LogP contribution in [0, 0.1) is 0 Å². The minimum absolute atomic E-state index is 0. The fourth-order valence-corrected chi connectivity index (χ4v) is 2.11. The molecule has 2 aromatic rings. The topological polar surface area (TPSA) is 66.4 Å². The van der Waals surface area contributed by atoms with E-state index >= 15 is 0 Å². The Balaban J connectivity index is 0.00000364. The van der Waals surface area contributed by atoms with Crippen LogP contribution >= 0.6 is 15.9 Å². The molecule has 0 heterocycles. The second kappa shape index (κ2) is 13.6. The summed E-state index contributed by atoms with van der Waals surface area (Å²) in [6.45, 7) is 2.23. The standard InChI is InChI=1S/C19H20BrNO5.Na.H/c1-15(21-25-13-12-23-16-8-4-2-5-9-16)19(22)26-18(20)14-24-17-10-6-3-7-11-17;;/h2-11,18H,12-14H2,1H3;;. The first-order valence-corrected chi connectivity index (χ1v) is 8.94. The molecular formula is C19H21BrNNaO5. The minimum atomic E-state index is -0.596. The molecule has 8 heteroatoms. The van der Waals surface area contributed by atoms with Gasteiger partial charge in [-0.15, -0.1) is 0 Å². The van der Waals surface area contributed by atoms with Crippen LogP contribution in [0.2, 0.25) is 0 Å². The van der Waals surface area contributed by atoms with E-state index in [0.29, 0.717) is 12.4 Å². The van der Waals surface area contributed by atoms with Crippen LogP contribution in [0.25, 0.3) is 0 Å². The fraction of sp³-hybridized carbons (Fsp3) is 0.263. The van der Waals surface area contributed by atoms with Crippen LogP contribution < -0.4 is 9.47 Å². The monoisotopic (exact) mass is 445 g/mol. The van der Waals surface area contributed by atoms with Gasteiger partial charge in [-0.1, -0.05) is 41.6 Å². The van der Waals surface area contributed by atoms with E-state index in [1.807, 2.05) is 60.7 Å². The van der Waals surface area contributed by atoms with Gasteiger partial charge in [-0.05, 0) is 47.1 Å². The number of nitrogens with zero attached hydrogens (tertiary/aromatic N) is 1. The number of ether oxygens (including phenoxy) is 3. The molecule has 0 saturated heterocycles. The van der Waals surface area contributed by atoms with E-state index in [1.54, 1.807) is 0 Å². The van der Waals surface area contributed by atoms with Crippen LogP contribution in [0.4, 0.5) is 0 Å². The molecule has 0 saturated carbocycles. The second-order valence-corrected chi connectivity index (χ2v) is 6.13. The molecule has 0 aliphatic carbocycles. The van der Waals surface area contributed by atoms with E-state index in [-0.39, 0.29) is 48.5 Å². The van der Waals surface area contributed by atoms with Crippen LogP contribution in [-0.4, -0.2) is 66.1 Å². The summed E-state index contributed by atoms with van der Waals surface area (Å²) in [4.78, 5) is 17.0. The molecule has 0 radical (unpaired) electrons.